The van der Waals surface area contributed by atoms with Crippen molar-refractivity contribution in [1.29, 1.82) is 0 Å². The predicted molar refractivity (Wildman–Crippen MR) is 66.1 cm³/mol. The van der Waals surface area contributed by atoms with Crippen molar-refractivity contribution in [3.63, 3.8) is 0 Å². The largest absolute Gasteiger partial charge is 0.507 e. The number of ether oxygens (including phenoxy) is 2. The van der Waals surface area contributed by atoms with E-state index in [-0.39, 0.29) is 17.6 Å². The second-order valence-corrected chi connectivity index (χ2v) is 4.37. The monoisotopic (exact) mass is 262 g/mol. The molecule has 1 unspecified atom stereocenters. The molecule has 100 valence electrons. The summed E-state index contributed by atoms with van der Waals surface area (Å²) in [6.45, 7) is 1.32. The second kappa shape index (κ2) is 4.89. The molecule has 6 heteroatoms. The average molecular weight is 262 g/mol. The Morgan fingerprint density at radius 1 is 1.42 bits per heavy atom. The molecule has 0 radical (unpaired) electrons. The Labute approximate surface area is 110 Å². The first-order valence-corrected chi connectivity index (χ1v) is 6.07. The number of benzene rings is 1. The highest BCUT2D eigenvalue weighted by Crippen LogP contribution is 2.37. The Hall–Kier alpha value is -2.08. The van der Waals surface area contributed by atoms with Crippen LogP contribution in [-0.4, -0.2) is 35.6 Å². The number of hydrogen-bond acceptors (Lipinski definition) is 6. The number of aromatic hydroxyl groups is 1. The lowest BCUT2D eigenvalue weighted by Crippen LogP contribution is -1.99. The van der Waals surface area contributed by atoms with Gasteiger partial charge in [0.15, 0.2) is 5.82 Å². The summed E-state index contributed by atoms with van der Waals surface area (Å²) < 4.78 is 15.7. The van der Waals surface area contributed by atoms with Gasteiger partial charge in [-0.2, -0.15) is 4.98 Å². The van der Waals surface area contributed by atoms with Gasteiger partial charge in [0.2, 0.25) is 0 Å². The number of phenols is 1. The van der Waals surface area contributed by atoms with Gasteiger partial charge in [-0.15, -0.1) is 0 Å². The highest BCUT2D eigenvalue weighted by atomic mass is 16.5. The summed E-state index contributed by atoms with van der Waals surface area (Å²) >= 11 is 0. The molecule has 2 aromatic rings. The molecule has 0 amide bonds. The first-order valence-electron chi connectivity index (χ1n) is 6.07. The summed E-state index contributed by atoms with van der Waals surface area (Å²) in [6.07, 6.45) is 0.886. The molecular weight excluding hydrogens is 248 g/mol. The van der Waals surface area contributed by atoms with Gasteiger partial charge in [0, 0.05) is 12.5 Å². The summed E-state index contributed by atoms with van der Waals surface area (Å²) in [5.74, 6) is 1.58. The minimum atomic E-state index is 0.0530. The molecule has 1 aromatic heterocycles. The number of nitrogens with zero attached hydrogens (tertiary/aromatic N) is 2. The third-order valence-electron chi connectivity index (χ3n) is 3.17. The fourth-order valence-electron chi connectivity index (χ4n) is 2.14. The molecule has 1 saturated heterocycles. The van der Waals surface area contributed by atoms with Crippen LogP contribution < -0.4 is 4.74 Å². The number of hydrogen-bond donors (Lipinski definition) is 1. The molecule has 1 N–H and O–H groups in total. The van der Waals surface area contributed by atoms with Crippen LogP contribution in [0.1, 0.15) is 18.2 Å². The molecule has 1 aliphatic heterocycles. The van der Waals surface area contributed by atoms with E-state index in [1.807, 2.05) is 0 Å². The molecule has 0 bridgehead atoms. The lowest BCUT2D eigenvalue weighted by Gasteiger charge is -2.05. The third-order valence-corrected chi connectivity index (χ3v) is 3.17. The molecule has 1 aromatic carbocycles. The van der Waals surface area contributed by atoms with Crippen molar-refractivity contribution >= 4 is 0 Å². The molecule has 19 heavy (non-hydrogen) atoms. The zero-order valence-electron chi connectivity index (χ0n) is 10.5. The Morgan fingerprint density at radius 2 is 2.32 bits per heavy atom. The SMILES string of the molecule is COc1cccc(O)c1-c1nc(C2CCOC2)no1. The lowest BCUT2D eigenvalue weighted by molar-refractivity contribution is 0.192. The van der Waals surface area contributed by atoms with Crippen LogP contribution in [0.2, 0.25) is 0 Å². The normalized spacial score (nSPS) is 18.7. The van der Waals surface area contributed by atoms with Crippen LogP contribution in [0.3, 0.4) is 0 Å². The van der Waals surface area contributed by atoms with Crippen LogP contribution in [0.4, 0.5) is 0 Å². The fraction of sp³-hybridized carbons (Fsp3) is 0.385. The van der Waals surface area contributed by atoms with E-state index in [9.17, 15) is 5.11 Å². The van der Waals surface area contributed by atoms with E-state index in [4.69, 9.17) is 14.0 Å². The predicted octanol–water partition coefficient (Wildman–Crippen LogP) is 1.95. The number of methoxy groups -OCH3 is 1. The quantitative estimate of drug-likeness (QED) is 0.911. The maximum atomic E-state index is 9.92. The molecule has 1 aliphatic rings. The maximum Gasteiger partial charge on any atom is 0.265 e. The van der Waals surface area contributed by atoms with Crippen LogP contribution in [0.15, 0.2) is 22.7 Å². The molecular formula is C13H14N2O4. The van der Waals surface area contributed by atoms with Crippen LogP contribution in [0.25, 0.3) is 11.5 Å². The van der Waals surface area contributed by atoms with Crippen molar-refractivity contribution in [3.8, 4) is 23.0 Å². The van der Waals surface area contributed by atoms with Crippen molar-refractivity contribution in [2.75, 3.05) is 20.3 Å². The highest BCUT2D eigenvalue weighted by molar-refractivity contribution is 5.70. The van der Waals surface area contributed by atoms with E-state index in [0.717, 1.165) is 6.42 Å². The second-order valence-electron chi connectivity index (χ2n) is 4.37. The Balaban J connectivity index is 1.98. The van der Waals surface area contributed by atoms with Crippen molar-refractivity contribution < 1.29 is 19.1 Å². The van der Waals surface area contributed by atoms with Crippen LogP contribution in [0.5, 0.6) is 11.5 Å². The van der Waals surface area contributed by atoms with Gasteiger partial charge in [-0.05, 0) is 18.6 Å². The zero-order valence-corrected chi connectivity index (χ0v) is 10.5. The lowest BCUT2D eigenvalue weighted by atomic mass is 10.1. The molecule has 0 spiro atoms. The molecule has 0 saturated carbocycles. The minimum absolute atomic E-state index is 0.0530. The fourth-order valence-corrected chi connectivity index (χ4v) is 2.14. The van der Waals surface area contributed by atoms with Crippen molar-refractivity contribution in [1.82, 2.24) is 10.1 Å². The molecule has 1 fully saturated rings. The van der Waals surface area contributed by atoms with Crippen molar-refractivity contribution in [2.24, 2.45) is 0 Å². The van der Waals surface area contributed by atoms with E-state index in [1.165, 1.54) is 7.11 Å². The summed E-state index contributed by atoms with van der Waals surface area (Å²) in [5.41, 5.74) is 0.419. The highest BCUT2D eigenvalue weighted by Gasteiger charge is 2.25. The topological polar surface area (TPSA) is 77.6 Å². The number of phenolic OH excluding ortho intramolecular Hbond substituents is 1. The molecule has 1 atom stereocenters. The Morgan fingerprint density at radius 3 is 3.05 bits per heavy atom. The van der Waals surface area contributed by atoms with Crippen molar-refractivity contribution in [2.45, 2.75) is 12.3 Å². The molecule has 2 heterocycles. The molecule has 6 nitrogen and oxygen atoms in total. The van der Waals surface area contributed by atoms with E-state index in [1.54, 1.807) is 18.2 Å². The van der Waals surface area contributed by atoms with Gasteiger partial charge in [-0.1, -0.05) is 11.2 Å². The summed E-state index contributed by atoms with van der Waals surface area (Å²) in [6, 6.07) is 4.98. The Bertz CT molecular complexity index is 576. The molecule has 3 rings (SSSR count). The van der Waals surface area contributed by atoms with Crippen LogP contribution >= 0.6 is 0 Å². The van der Waals surface area contributed by atoms with Gasteiger partial charge in [-0.25, -0.2) is 0 Å². The van der Waals surface area contributed by atoms with E-state index >= 15 is 0 Å². The first-order chi connectivity index (χ1) is 9.29. The third kappa shape index (κ3) is 2.15. The van der Waals surface area contributed by atoms with Gasteiger partial charge in [0.1, 0.15) is 17.1 Å². The van der Waals surface area contributed by atoms with E-state index < -0.39 is 0 Å². The first kappa shape index (κ1) is 12.0. The average Bonchev–Trinajstić information content (AvgIpc) is 3.08. The smallest absolute Gasteiger partial charge is 0.265 e. The van der Waals surface area contributed by atoms with Crippen LogP contribution in [0, 0.1) is 0 Å². The Kier molecular flexibility index (Phi) is 3.08. The maximum absolute atomic E-state index is 9.92. The zero-order chi connectivity index (χ0) is 13.2. The summed E-state index contributed by atoms with van der Waals surface area (Å²) in [4.78, 5) is 4.33. The van der Waals surface area contributed by atoms with E-state index in [2.05, 4.69) is 10.1 Å². The summed E-state index contributed by atoms with van der Waals surface area (Å²) in [5, 5.41) is 13.9. The van der Waals surface area contributed by atoms with Gasteiger partial charge in [0.05, 0.1) is 13.7 Å². The van der Waals surface area contributed by atoms with Crippen molar-refractivity contribution in [3.05, 3.63) is 24.0 Å². The standard InChI is InChI=1S/C13H14N2O4/c1-17-10-4-2-3-9(16)11(10)13-14-12(15-19-13)8-5-6-18-7-8/h2-4,8,16H,5-7H2,1H3. The van der Waals surface area contributed by atoms with Gasteiger partial charge < -0.3 is 19.1 Å². The minimum Gasteiger partial charge on any atom is -0.507 e. The number of rotatable bonds is 3. The van der Waals surface area contributed by atoms with Gasteiger partial charge in [-0.3, -0.25) is 0 Å². The van der Waals surface area contributed by atoms with Gasteiger partial charge in [0.25, 0.3) is 5.89 Å². The number of aromatic nitrogens is 2. The summed E-state index contributed by atoms with van der Waals surface area (Å²) in [7, 11) is 1.53. The van der Waals surface area contributed by atoms with Gasteiger partial charge >= 0.3 is 0 Å². The molecule has 0 aliphatic carbocycles. The van der Waals surface area contributed by atoms with E-state index in [0.29, 0.717) is 30.4 Å². The van der Waals surface area contributed by atoms with Crippen LogP contribution in [-0.2, 0) is 4.74 Å².